The molecule has 3 aromatic rings. The second kappa shape index (κ2) is 7.92. The first-order chi connectivity index (χ1) is 13.0. The van der Waals surface area contributed by atoms with Gasteiger partial charge in [-0.25, -0.2) is 9.36 Å². The standard InChI is InChI=1S/C19H16ClN3O4/c1-2-27-15-9-5-13(6-10-15)21-11-16-17(24)22-19(26)23(18(16)25)14-7-3-12(20)4-8-14/h3-11,25H,2H2,1H3,(H,22,24,26). The molecule has 27 heavy (non-hydrogen) atoms. The summed E-state index contributed by atoms with van der Waals surface area (Å²) >= 11 is 5.85. The predicted octanol–water partition coefficient (Wildman–Crippen LogP) is 3.03. The first kappa shape index (κ1) is 18.5. The van der Waals surface area contributed by atoms with E-state index in [4.69, 9.17) is 16.3 Å². The first-order valence-corrected chi connectivity index (χ1v) is 8.48. The van der Waals surface area contributed by atoms with Crippen LogP contribution in [0.5, 0.6) is 11.6 Å². The van der Waals surface area contributed by atoms with Crippen LogP contribution in [0, 0.1) is 0 Å². The molecule has 2 aromatic carbocycles. The number of ether oxygens (including phenoxy) is 1. The van der Waals surface area contributed by atoms with E-state index in [1.165, 1.54) is 6.21 Å². The molecule has 0 spiro atoms. The number of hydrogen-bond acceptors (Lipinski definition) is 5. The highest BCUT2D eigenvalue weighted by Crippen LogP contribution is 2.20. The van der Waals surface area contributed by atoms with E-state index in [-0.39, 0.29) is 5.56 Å². The average Bonchev–Trinajstić information content (AvgIpc) is 2.64. The van der Waals surface area contributed by atoms with E-state index in [1.807, 2.05) is 6.92 Å². The number of aromatic hydroxyl groups is 1. The lowest BCUT2D eigenvalue weighted by Crippen LogP contribution is -2.31. The SMILES string of the molecule is CCOc1ccc(N=Cc2c(O)n(-c3ccc(Cl)cc3)c(=O)[nH]c2=O)cc1. The third kappa shape index (κ3) is 4.09. The van der Waals surface area contributed by atoms with Crippen LogP contribution in [0.1, 0.15) is 12.5 Å². The van der Waals surface area contributed by atoms with Crippen molar-refractivity contribution in [3.05, 3.63) is 80.0 Å². The number of hydrogen-bond donors (Lipinski definition) is 2. The number of aromatic amines is 1. The minimum absolute atomic E-state index is 0.140. The molecule has 0 atom stereocenters. The zero-order chi connectivity index (χ0) is 19.4. The molecule has 0 amide bonds. The van der Waals surface area contributed by atoms with Crippen LogP contribution in [0.15, 0.2) is 63.1 Å². The van der Waals surface area contributed by atoms with Gasteiger partial charge in [0.15, 0.2) is 0 Å². The summed E-state index contributed by atoms with van der Waals surface area (Å²) in [5.74, 6) is 0.189. The molecule has 2 N–H and O–H groups in total. The lowest BCUT2D eigenvalue weighted by molar-refractivity contribution is 0.340. The Morgan fingerprint density at radius 2 is 1.81 bits per heavy atom. The molecular weight excluding hydrogens is 370 g/mol. The molecule has 138 valence electrons. The Hall–Kier alpha value is -3.32. The third-order valence-corrected chi connectivity index (χ3v) is 3.95. The Labute approximate surface area is 159 Å². The molecule has 0 fully saturated rings. The van der Waals surface area contributed by atoms with Gasteiger partial charge in [0.05, 0.1) is 18.0 Å². The van der Waals surface area contributed by atoms with Crippen molar-refractivity contribution in [1.82, 2.24) is 9.55 Å². The van der Waals surface area contributed by atoms with Gasteiger partial charge in [-0.05, 0) is 55.5 Å². The largest absolute Gasteiger partial charge is 0.494 e. The van der Waals surface area contributed by atoms with Gasteiger partial charge in [0.25, 0.3) is 5.56 Å². The second-order valence-electron chi connectivity index (χ2n) is 5.49. The molecule has 0 saturated heterocycles. The summed E-state index contributed by atoms with van der Waals surface area (Å²) in [6.07, 6.45) is 1.20. The summed E-state index contributed by atoms with van der Waals surface area (Å²) in [5.41, 5.74) is -0.732. The van der Waals surface area contributed by atoms with E-state index < -0.39 is 17.1 Å². The fourth-order valence-corrected chi connectivity index (χ4v) is 2.54. The Morgan fingerprint density at radius 1 is 1.15 bits per heavy atom. The smallest absolute Gasteiger partial charge is 0.335 e. The van der Waals surface area contributed by atoms with Crippen molar-refractivity contribution in [2.75, 3.05) is 6.61 Å². The molecule has 0 unspecified atom stereocenters. The number of nitrogens with one attached hydrogen (secondary N) is 1. The van der Waals surface area contributed by atoms with Crippen LogP contribution in [-0.2, 0) is 0 Å². The fourth-order valence-electron chi connectivity index (χ4n) is 2.42. The van der Waals surface area contributed by atoms with Gasteiger partial charge in [0.2, 0.25) is 5.88 Å². The van der Waals surface area contributed by atoms with Crippen LogP contribution < -0.4 is 16.0 Å². The van der Waals surface area contributed by atoms with E-state index >= 15 is 0 Å². The van der Waals surface area contributed by atoms with Gasteiger partial charge in [-0.15, -0.1) is 0 Å². The maximum Gasteiger partial charge on any atom is 0.335 e. The first-order valence-electron chi connectivity index (χ1n) is 8.10. The van der Waals surface area contributed by atoms with E-state index in [0.717, 1.165) is 4.57 Å². The van der Waals surface area contributed by atoms with Crippen molar-refractivity contribution in [3.63, 3.8) is 0 Å². The molecule has 3 rings (SSSR count). The zero-order valence-corrected chi connectivity index (χ0v) is 15.1. The molecular formula is C19H16ClN3O4. The molecule has 0 radical (unpaired) electrons. The van der Waals surface area contributed by atoms with Crippen LogP contribution in [0.25, 0.3) is 5.69 Å². The highest BCUT2D eigenvalue weighted by Gasteiger charge is 2.14. The fraction of sp³-hybridized carbons (Fsp3) is 0.105. The summed E-state index contributed by atoms with van der Waals surface area (Å²) in [5, 5.41) is 10.9. The third-order valence-electron chi connectivity index (χ3n) is 3.70. The highest BCUT2D eigenvalue weighted by molar-refractivity contribution is 6.30. The van der Waals surface area contributed by atoms with Crippen LogP contribution in [0.4, 0.5) is 5.69 Å². The monoisotopic (exact) mass is 385 g/mol. The van der Waals surface area contributed by atoms with Crippen LogP contribution in [-0.4, -0.2) is 27.5 Å². The molecule has 1 aromatic heterocycles. The van der Waals surface area contributed by atoms with Gasteiger partial charge in [-0.3, -0.25) is 14.8 Å². The molecule has 7 nitrogen and oxygen atoms in total. The van der Waals surface area contributed by atoms with Gasteiger partial charge >= 0.3 is 5.69 Å². The van der Waals surface area contributed by atoms with Crippen molar-refractivity contribution in [2.45, 2.75) is 6.92 Å². The number of halogens is 1. The maximum absolute atomic E-state index is 12.1. The van der Waals surface area contributed by atoms with Crippen molar-refractivity contribution in [2.24, 2.45) is 4.99 Å². The van der Waals surface area contributed by atoms with Crippen LogP contribution >= 0.6 is 11.6 Å². The van der Waals surface area contributed by atoms with E-state index in [0.29, 0.717) is 28.8 Å². The number of aromatic nitrogens is 2. The lowest BCUT2D eigenvalue weighted by Gasteiger charge is -2.09. The summed E-state index contributed by atoms with van der Waals surface area (Å²) in [4.78, 5) is 30.6. The molecule has 0 bridgehead atoms. The quantitative estimate of drug-likeness (QED) is 0.660. The Morgan fingerprint density at radius 3 is 2.44 bits per heavy atom. The van der Waals surface area contributed by atoms with E-state index in [1.54, 1.807) is 48.5 Å². The second-order valence-corrected chi connectivity index (χ2v) is 5.93. The number of nitrogens with zero attached hydrogens (tertiary/aromatic N) is 2. The minimum Gasteiger partial charge on any atom is -0.494 e. The van der Waals surface area contributed by atoms with Crippen LogP contribution in [0.2, 0.25) is 5.02 Å². The van der Waals surface area contributed by atoms with Crippen molar-refractivity contribution >= 4 is 23.5 Å². The van der Waals surface area contributed by atoms with Crippen molar-refractivity contribution in [3.8, 4) is 17.3 Å². The van der Waals surface area contributed by atoms with Gasteiger partial charge in [0, 0.05) is 11.2 Å². The molecule has 1 heterocycles. The van der Waals surface area contributed by atoms with Gasteiger partial charge in [-0.1, -0.05) is 11.6 Å². The number of rotatable bonds is 5. The predicted molar refractivity (Wildman–Crippen MR) is 104 cm³/mol. The summed E-state index contributed by atoms with van der Waals surface area (Å²) in [6, 6.07) is 13.2. The Balaban J connectivity index is 2.00. The van der Waals surface area contributed by atoms with E-state index in [9.17, 15) is 14.7 Å². The molecule has 0 saturated carbocycles. The molecule has 8 heteroatoms. The van der Waals surface area contributed by atoms with Crippen molar-refractivity contribution < 1.29 is 9.84 Å². The molecule has 0 aliphatic heterocycles. The lowest BCUT2D eigenvalue weighted by atomic mass is 10.2. The molecule has 0 aliphatic rings. The number of benzene rings is 2. The van der Waals surface area contributed by atoms with E-state index in [2.05, 4.69) is 9.98 Å². The summed E-state index contributed by atoms with van der Waals surface area (Å²) in [7, 11) is 0. The number of H-pyrrole nitrogens is 1. The maximum atomic E-state index is 12.1. The normalized spacial score (nSPS) is 11.0. The van der Waals surface area contributed by atoms with Gasteiger partial charge < -0.3 is 9.84 Å². The molecule has 0 aliphatic carbocycles. The minimum atomic E-state index is -0.766. The van der Waals surface area contributed by atoms with Gasteiger partial charge in [0.1, 0.15) is 11.3 Å². The van der Waals surface area contributed by atoms with Crippen molar-refractivity contribution in [1.29, 1.82) is 0 Å². The topological polar surface area (TPSA) is 96.7 Å². The Bertz CT molecular complexity index is 1080. The highest BCUT2D eigenvalue weighted by atomic mass is 35.5. The Kier molecular flexibility index (Phi) is 5.42. The summed E-state index contributed by atoms with van der Waals surface area (Å²) < 4.78 is 6.32. The van der Waals surface area contributed by atoms with Crippen LogP contribution in [0.3, 0.4) is 0 Å². The zero-order valence-electron chi connectivity index (χ0n) is 14.3. The summed E-state index contributed by atoms with van der Waals surface area (Å²) in [6.45, 7) is 2.44. The van der Waals surface area contributed by atoms with Gasteiger partial charge in [-0.2, -0.15) is 0 Å². The number of aliphatic imine (C=N–C) groups is 1. The average molecular weight is 386 g/mol.